The number of halogens is 1. The van der Waals surface area contributed by atoms with Crippen molar-refractivity contribution in [1.29, 1.82) is 0 Å². The number of likely N-dealkylation sites (N-methyl/N-ethyl adjacent to an activating group) is 1. The number of hydrogen-bond donors (Lipinski definition) is 1. The molecule has 1 atom stereocenters. The van der Waals surface area contributed by atoms with E-state index in [1.807, 2.05) is 31.2 Å². The van der Waals surface area contributed by atoms with Crippen molar-refractivity contribution in [1.82, 2.24) is 10.2 Å². The van der Waals surface area contributed by atoms with Crippen molar-refractivity contribution < 1.29 is 22.4 Å². The molecule has 9 heteroatoms. The first-order valence-electron chi connectivity index (χ1n) is 10.4. The van der Waals surface area contributed by atoms with Crippen molar-refractivity contribution in [3.63, 3.8) is 0 Å². The zero-order valence-electron chi connectivity index (χ0n) is 18.8. The number of benzene rings is 2. The molecule has 0 saturated carbocycles. The molecule has 1 N–H and O–H groups in total. The Morgan fingerprint density at radius 3 is 2.22 bits per heavy atom. The van der Waals surface area contributed by atoms with Gasteiger partial charge in [0, 0.05) is 13.1 Å². The van der Waals surface area contributed by atoms with E-state index in [0.717, 1.165) is 33.8 Å². The molecular formula is C23H30FN3O4S. The monoisotopic (exact) mass is 463 g/mol. The summed E-state index contributed by atoms with van der Waals surface area (Å²) in [5, 5.41) is 2.75. The van der Waals surface area contributed by atoms with Crippen LogP contribution in [0.15, 0.2) is 48.5 Å². The molecule has 32 heavy (non-hydrogen) atoms. The minimum absolute atomic E-state index is 0.155. The summed E-state index contributed by atoms with van der Waals surface area (Å²) in [6.45, 7) is 5.55. The number of rotatable bonds is 10. The van der Waals surface area contributed by atoms with Gasteiger partial charge in [0.05, 0.1) is 11.9 Å². The fourth-order valence-electron chi connectivity index (χ4n) is 3.40. The van der Waals surface area contributed by atoms with Gasteiger partial charge in [0.15, 0.2) is 0 Å². The first kappa shape index (κ1) is 25.3. The Morgan fingerprint density at radius 2 is 1.69 bits per heavy atom. The van der Waals surface area contributed by atoms with Gasteiger partial charge in [0.2, 0.25) is 21.8 Å². The first-order valence-corrected chi connectivity index (χ1v) is 12.3. The minimum atomic E-state index is -3.84. The quantitative estimate of drug-likeness (QED) is 0.587. The highest BCUT2D eigenvalue weighted by molar-refractivity contribution is 7.92. The number of amides is 2. The molecule has 2 aromatic rings. The number of sulfonamides is 1. The molecule has 0 aromatic heterocycles. The van der Waals surface area contributed by atoms with Gasteiger partial charge in [0.25, 0.3) is 0 Å². The van der Waals surface area contributed by atoms with E-state index in [1.54, 1.807) is 13.8 Å². The Kier molecular flexibility index (Phi) is 8.77. The number of hydrogen-bond acceptors (Lipinski definition) is 4. The van der Waals surface area contributed by atoms with E-state index in [4.69, 9.17) is 0 Å². The van der Waals surface area contributed by atoms with Crippen LogP contribution in [0.4, 0.5) is 10.1 Å². The molecule has 0 bridgehead atoms. The van der Waals surface area contributed by atoms with Gasteiger partial charge in [0.1, 0.15) is 18.4 Å². The van der Waals surface area contributed by atoms with Crippen LogP contribution in [0.25, 0.3) is 0 Å². The van der Waals surface area contributed by atoms with Crippen molar-refractivity contribution in [2.45, 2.75) is 39.8 Å². The van der Waals surface area contributed by atoms with Gasteiger partial charge in [-0.05, 0) is 55.7 Å². The lowest BCUT2D eigenvalue weighted by Crippen LogP contribution is -2.52. The molecule has 0 fully saturated rings. The summed E-state index contributed by atoms with van der Waals surface area (Å²) in [5.74, 6) is -1.34. The Balaban J connectivity index is 2.43. The van der Waals surface area contributed by atoms with Gasteiger partial charge >= 0.3 is 0 Å². The smallest absolute Gasteiger partial charge is 0.244 e. The van der Waals surface area contributed by atoms with E-state index in [0.29, 0.717) is 13.0 Å². The molecule has 0 radical (unpaired) electrons. The summed E-state index contributed by atoms with van der Waals surface area (Å²) < 4.78 is 39.2. The largest absolute Gasteiger partial charge is 0.355 e. The highest BCUT2D eigenvalue weighted by atomic mass is 32.2. The third-order valence-corrected chi connectivity index (χ3v) is 6.27. The average Bonchev–Trinajstić information content (AvgIpc) is 2.73. The Hall–Kier alpha value is -2.94. The first-order chi connectivity index (χ1) is 15.1. The van der Waals surface area contributed by atoms with Crippen LogP contribution in [-0.2, 0) is 26.2 Å². The maximum absolute atomic E-state index is 13.4. The fraction of sp³-hybridized carbons (Fsp3) is 0.391. The van der Waals surface area contributed by atoms with E-state index in [2.05, 4.69) is 5.32 Å². The molecule has 0 unspecified atom stereocenters. The lowest BCUT2D eigenvalue weighted by atomic mass is 10.1. The van der Waals surface area contributed by atoms with Gasteiger partial charge in [-0.2, -0.15) is 0 Å². The summed E-state index contributed by atoms with van der Waals surface area (Å²) in [6.07, 6.45) is 1.34. The highest BCUT2D eigenvalue weighted by Gasteiger charge is 2.31. The number of nitrogens with zero attached hydrogens (tertiary/aromatic N) is 2. The molecule has 0 saturated heterocycles. The third kappa shape index (κ3) is 6.53. The van der Waals surface area contributed by atoms with Crippen molar-refractivity contribution in [3.8, 4) is 0 Å². The molecular weight excluding hydrogens is 433 g/mol. The van der Waals surface area contributed by atoms with Crippen LogP contribution in [0, 0.1) is 12.7 Å². The fourth-order valence-corrected chi connectivity index (χ4v) is 4.25. The molecule has 0 spiro atoms. The van der Waals surface area contributed by atoms with Crippen LogP contribution in [0.1, 0.15) is 31.4 Å². The molecule has 0 aliphatic carbocycles. The summed E-state index contributed by atoms with van der Waals surface area (Å²) in [5.41, 5.74) is 1.98. The molecule has 174 valence electrons. The predicted octanol–water partition coefficient (Wildman–Crippen LogP) is 2.84. The third-order valence-electron chi connectivity index (χ3n) is 5.13. The number of anilines is 1. The molecule has 2 aromatic carbocycles. The van der Waals surface area contributed by atoms with Gasteiger partial charge in [-0.15, -0.1) is 0 Å². The highest BCUT2D eigenvalue weighted by Crippen LogP contribution is 2.20. The molecule has 2 amide bonds. The second-order valence-electron chi connectivity index (χ2n) is 7.51. The lowest BCUT2D eigenvalue weighted by molar-refractivity contribution is -0.140. The zero-order chi connectivity index (χ0) is 23.9. The van der Waals surface area contributed by atoms with Crippen LogP contribution in [-0.4, -0.2) is 50.5 Å². The van der Waals surface area contributed by atoms with Crippen molar-refractivity contribution in [3.05, 3.63) is 65.5 Å². The van der Waals surface area contributed by atoms with E-state index >= 15 is 0 Å². The van der Waals surface area contributed by atoms with Gasteiger partial charge < -0.3 is 10.2 Å². The summed E-state index contributed by atoms with van der Waals surface area (Å²) in [6, 6.07) is 11.6. The van der Waals surface area contributed by atoms with Gasteiger partial charge in [-0.25, -0.2) is 12.8 Å². The average molecular weight is 464 g/mol. The molecule has 0 aliphatic heterocycles. The number of nitrogens with one attached hydrogen (secondary N) is 1. The SMILES string of the molecule is CCNC(=O)[C@H](CC)N(Cc1ccccc1C)C(=O)CN(c1ccc(F)cc1)S(C)(=O)=O. The van der Waals surface area contributed by atoms with Crippen LogP contribution in [0.3, 0.4) is 0 Å². The van der Waals surface area contributed by atoms with Crippen LogP contribution in [0.2, 0.25) is 0 Å². The Bertz CT molecular complexity index is 1040. The van der Waals surface area contributed by atoms with Crippen LogP contribution in [0.5, 0.6) is 0 Å². The standard InChI is InChI=1S/C23H30FN3O4S/c1-5-21(23(29)25-6-2)26(15-18-10-8-7-9-17(18)3)22(28)16-27(32(4,30)31)20-13-11-19(24)12-14-20/h7-14,21H,5-6,15-16H2,1-4H3,(H,25,29)/t21-/m0/s1. The summed E-state index contributed by atoms with van der Waals surface area (Å²) >= 11 is 0. The van der Waals surface area contributed by atoms with E-state index < -0.39 is 34.3 Å². The van der Waals surface area contributed by atoms with Gasteiger partial charge in [-0.3, -0.25) is 13.9 Å². The molecule has 0 heterocycles. The molecule has 7 nitrogen and oxygen atoms in total. The van der Waals surface area contributed by atoms with E-state index in [1.165, 1.54) is 17.0 Å². The normalized spacial score (nSPS) is 12.2. The molecule has 0 aliphatic rings. The number of carbonyl (C=O) groups excluding carboxylic acids is 2. The van der Waals surface area contributed by atoms with Crippen molar-refractivity contribution in [2.75, 3.05) is 23.7 Å². The van der Waals surface area contributed by atoms with Crippen LogP contribution >= 0.6 is 0 Å². The maximum Gasteiger partial charge on any atom is 0.244 e. The Labute approximate surface area is 189 Å². The second-order valence-corrected chi connectivity index (χ2v) is 9.42. The zero-order valence-corrected chi connectivity index (χ0v) is 19.7. The number of aryl methyl sites for hydroxylation is 1. The summed E-state index contributed by atoms with van der Waals surface area (Å²) in [4.78, 5) is 27.5. The summed E-state index contributed by atoms with van der Waals surface area (Å²) in [7, 11) is -3.84. The van der Waals surface area contributed by atoms with E-state index in [-0.39, 0.29) is 18.1 Å². The topological polar surface area (TPSA) is 86.8 Å². The predicted molar refractivity (Wildman–Crippen MR) is 123 cm³/mol. The minimum Gasteiger partial charge on any atom is -0.355 e. The Morgan fingerprint density at radius 1 is 1.06 bits per heavy atom. The van der Waals surface area contributed by atoms with Crippen LogP contribution < -0.4 is 9.62 Å². The second kappa shape index (κ2) is 11.1. The van der Waals surface area contributed by atoms with Crippen molar-refractivity contribution in [2.24, 2.45) is 0 Å². The maximum atomic E-state index is 13.4. The lowest BCUT2D eigenvalue weighted by Gasteiger charge is -2.33. The van der Waals surface area contributed by atoms with E-state index in [9.17, 15) is 22.4 Å². The van der Waals surface area contributed by atoms with Gasteiger partial charge in [-0.1, -0.05) is 31.2 Å². The van der Waals surface area contributed by atoms with Crippen molar-refractivity contribution >= 4 is 27.5 Å². The molecule has 2 rings (SSSR count). The number of carbonyl (C=O) groups is 2.